The fourth-order valence-corrected chi connectivity index (χ4v) is 4.83. The summed E-state index contributed by atoms with van der Waals surface area (Å²) in [5.74, 6) is 0.916. The highest BCUT2D eigenvalue weighted by Crippen LogP contribution is 2.26. The normalized spacial score (nSPS) is 13.7. The summed E-state index contributed by atoms with van der Waals surface area (Å²) in [5, 5.41) is 15.4. The molecule has 1 saturated carbocycles. The molecule has 1 aliphatic carbocycles. The maximum absolute atomic E-state index is 12.2. The molecular weight excluding hydrogens is 458 g/mol. The smallest absolute Gasteiger partial charge is 0.321 e. The van der Waals surface area contributed by atoms with Gasteiger partial charge in [-0.05, 0) is 42.7 Å². The van der Waals surface area contributed by atoms with Crippen molar-refractivity contribution in [1.29, 1.82) is 0 Å². The minimum absolute atomic E-state index is 0.176. The molecule has 0 spiro atoms. The molecule has 3 amide bonds. The second-order valence-electron chi connectivity index (χ2n) is 7.99. The van der Waals surface area contributed by atoms with Crippen molar-refractivity contribution in [3.63, 3.8) is 0 Å². The molecule has 33 heavy (non-hydrogen) atoms. The summed E-state index contributed by atoms with van der Waals surface area (Å²) >= 11 is 7.49. The molecule has 9 heteroatoms. The highest BCUT2D eigenvalue weighted by Gasteiger charge is 2.19. The number of halogens is 1. The van der Waals surface area contributed by atoms with Crippen LogP contribution in [0.5, 0.6) is 0 Å². The van der Waals surface area contributed by atoms with Gasteiger partial charge in [0.2, 0.25) is 5.91 Å². The molecule has 172 valence electrons. The van der Waals surface area contributed by atoms with Gasteiger partial charge in [0.05, 0.1) is 6.54 Å². The number of benzene rings is 2. The van der Waals surface area contributed by atoms with E-state index in [2.05, 4.69) is 33.0 Å². The van der Waals surface area contributed by atoms with Crippen molar-refractivity contribution in [1.82, 2.24) is 25.4 Å². The topological polar surface area (TPSA) is 88.9 Å². The van der Waals surface area contributed by atoms with E-state index in [4.69, 9.17) is 11.6 Å². The van der Waals surface area contributed by atoms with Gasteiger partial charge in [-0.15, -0.1) is 10.2 Å². The van der Waals surface area contributed by atoms with Gasteiger partial charge in [-0.1, -0.05) is 66.5 Å². The summed E-state index contributed by atoms with van der Waals surface area (Å²) in [5.41, 5.74) is 2.03. The molecule has 0 bridgehead atoms. The Hall–Kier alpha value is -2.84. The summed E-state index contributed by atoms with van der Waals surface area (Å²) < 4.78 is 2.04. The Morgan fingerprint density at radius 3 is 2.48 bits per heavy atom. The molecule has 2 aromatic carbocycles. The Morgan fingerprint density at radius 1 is 1.03 bits per heavy atom. The monoisotopic (exact) mass is 483 g/mol. The van der Waals surface area contributed by atoms with E-state index >= 15 is 0 Å². The SMILES string of the molecule is O=C(CCSc1nnc(-c2ccc(Cl)cc2)n1Cc1ccccc1)NC(=O)NC1CCCC1. The van der Waals surface area contributed by atoms with Crippen LogP contribution in [0.15, 0.2) is 59.8 Å². The number of nitrogens with zero attached hydrogens (tertiary/aromatic N) is 3. The Morgan fingerprint density at radius 2 is 1.76 bits per heavy atom. The zero-order valence-electron chi connectivity index (χ0n) is 18.2. The van der Waals surface area contributed by atoms with E-state index in [1.807, 2.05) is 47.0 Å². The maximum atomic E-state index is 12.2. The van der Waals surface area contributed by atoms with Gasteiger partial charge in [0, 0.05) is 28.8 Å². The molecule has 1 fully saturated rings. The highest BCUT2D eigenvalue weighted by molar-refractivity contribution is 7.99. The number of carbonyl (C=O) groups is 2. The molecule has 1 heterocycles. The average Bonchev–Trinajstić information content (AvgIpc) is 3.45. The zero-order chi connectivity index (χ0) is 23.0. The van der Waals surface area contributed by atoms with Crippen LogP contribution in [0.3, 0.4) is 0 Å². The molecule has 0 unspecified atom stereocenters. The number of rotatable bonds is 8. The lowest BCUT2D eigenvalue weighted by Crippen LogP contribution is -2.43. The number of hydrogen-bond acceptors (Lipinski definition) is 5. The van der Waals surface area contributed by atoms with Gasteiger partial charge in [-0.3, -0.25) is 14.7 Å². The number of amides is 3. The van der Waals surface area contributed by atoms with E-state index in [1.54, 1.807) is 0 Å². The largest absolute Gasteiger partial charge is 0.335 e. The molecule has 1 aromatic heterocycles. The van der Waals surface area contributed by atoms with Gasteiger partial charge in [0.1, 0.15) is 0 Å². The van der Waals surface area contributed by atoms with E-state index in [0.717, 1.165) is 42.6 Å². The number of thioether (sulfide) groups is 1. The molecule has 0 atom stereocenters. The van der Waals surface area contributed by atoms with Crippen LogP contribution in [0.2, 0.25) is 5.02 Å². The predicted octanol–water partition coefficient (Wildman–Crippen LogP) is 4.90. The van der Waals surface area contributed by atoms with Gasteiger partial charge in [0.15, 0.2) is 11.0 Å². The van der Waals surface area contributed by atoms with Crippen LogP contribution >= 0.6 is 23.4 Å². The van der Waals surface area contributed by atoms with Gasteiger partial charge < -0.3 is 5.32 Å². The average molecular weight is 484 g/mol. The second kappa shape index (κ2) is 11.3. The van der Waals surface area contributed by atoms with E-state index in [9.17, 15) is 9.59 Å². The number of carbonyl (C=O) groups excluding carboxylic acids is 2. The van der Waals surface area contributed by atoms with Crippen molar-refractivity contribution >= 4 is 35.3 Å². The first kappa shape index (κ1) is 23.3. The van der Waals surface area contributed by atoms with E-state index in [0.29, 0.717) is 22.5 Å². The van der Waals surface area contributed by atoms with Crippen molar-refractivity contribution < 1.29 is 9.59 Å². The third-order valence-electron chi connectivity index (χ3n) is 5.51. The number of aromatic nitrogens is 3. The molecule has 2 N–H and O–H groups in total. The van der Waals surface area contributed by atoms with E-state index in [-0.39, 0.29) is 18.4 Å². The van der Waals surface area contributed by atoms with Crippen LogP contribution in [-0.2, 0) is 11.3 Å². The number of urea groups is 1. The summed E-state index contributed by atoms with van der Waals surface area (Å²) in [7, 11) is 0. The molecule has 1 aliphatic rings. The predicted molar refractivity (Wildman–Crippen MR) is 130 cm³/mol. The van der Waals surface area contributed by atoms with E-state index in [1.165, 1.54) is 11.8 Å². The zero-order valence-corrected chi connectivity index (χ0v) is 19.7. The van der Waals surface area contributed by atoms with Crippen molar-refractivity contribution in [2.75, 3.05) is 5.75 Å². The van der Waals surface area contributed by atoms with Crippen LogP contribution in [0.25, 0.3) is 11.4 Å². The minimum atomic E-state index is -0.408. The van der Waals surface area contributed by atoms with Gasteiger partial charge >= 0.3 is 6.03 Å². The number of imide groups is 1. The molecule has 4 rings (SSSR count). The van der Waals surface area contributed by atoms with Crippen molar-refractivity contribution in [2.45, 2.75) is 49.8 Å². The Labute approximate surface area is 202 Å². The Bertz CT molecular complexity index is 1080. The van der Waals surface area contributed by atoms with E-state index < -0.39 is 6.03 Å². The van der Waals surface area contributed by atoms with Crippen molar-refractivity contribution in [3.8, 4) is 11.4 Å². The number of nitrogens with one attached hydrogen (secondary N) is 2. The summed E-state index contributed by atoms with van der Waals surface area (Å²) in [6.45, 7) is 0.601. The first-order valence-corrected chi connectivity index (χ1v) is 12.4. The quantitative estimate of drug-likeness (QED) is 0.445. The van der Waals surface area contributed by atoms with Gasteiger partial charge in [-0.2, -0.15) is 0 Å². The molecule has 0 aliphatic heterocycles. The van der Waals surface area contributed by atoms with Crippen molar-refractivity contribution in [2.24, 2.45) is 0 Å². The van der Waals surface area contributed by atoms with Crippen LogP contribution in [0, 0.1) is 0 Å². The summed E-state index contributed by atoms with van der Waals surface area (Å²) in [4.78, 5) is 24.2. The third-order valence-corrected chi connectivity index (χ3v) is 6.73. The Balaban J connectivity index is 1.39. The first-order chi connectivity index (χ1) is 16.1. The fourth-order valence-electron chi connectivity index (χ4n) is 3.83. The fraction of sp³-hybridized carbons (Fsp3) is 0.333. The lowest BCUT2D eigenvalue weighted by molar-refractivity contribution is -0.119. The van der Waals surface area contributed by atoms with Crippen LogP contribution in [0.4, 0.5) is 4.79 Å². The van der Waals surface area contributed by atoms with Crippen LogP contribution in [0.1, 0.15) is 37.7 Å². The van der Waals surface area contributed by atoms with Gasteiger partial charge in [0.25, 0.3) is 0 Å². The highest BCUT2D eigenvalue weighted by atomic mass is 35.5. The summed E-state index contributed by atoms with van der Waals surface area (Å²) in [6.07, 6.45) is 4.40. The molecule has 0 radical (unpaired) electrons. The lowest BCUT2D eigenvalue weighted by atomic mass is 10.2. The minimum Gasteiger partial charge on any atom is -0.335 e. The maximum Gasteiger partial charge on any atom is 0.321 e. The molecule has 7 nitrogen and oxygen atoms in total. The molecule has 0 saturated heterocycles. The molecular formula is C24H26ClN5O2S. The molecule has 3 aromatic rings. The van der Waals surface area contributed by atoms with Crippen LogP contribution < -0.4 is 10.6 Å². The standard InChI is InChI=1S/C24H26ClN5O2S/c25-19-12-10-18(11-13-19)22-28-29-24(30(22)16-17-6-2-1-3-7-17)33-15-14-21(31)27-23(32)26-20-8-4-5-9-20/h1-3,6-7,10-13,20H,4-5,8-9,14-16H2,(H2,26,27,31,32). The summed E-state index contributed by atoms with van der Waals surface area (Å²) in [6, 6.07) is 17.3. The van der Waals surface area contributed by atoms with Gasteiger partial charge in [-0.25, -0.2) is 4.79 Å². The number of hydrogen-bond donors (Lipinski definition) is 2. The Kier molecular flexibility index (Phi) is 8.01. The second-order valence-corrected chi connectivity index (χ2v) is 9.48. The third kappa shape index (κ3) is 6.58. The van der Waals surface area contributed by atoms with Crippen LogP contribution in [-0.4, -0.2) is 38.5 Å². The lowest BCUT2D eigenvalue weighted by Gasteiger charge is -2.12. The van der Waals surface area contributed by atoms with Crippen molar-refractivity contribution in [3.05, 3.63) is 65.2 Å². The first-order valence-electron chi connectivity index (χ1n) is 11.0.